The van der Waals surface area contributed by atoms with Crippen LogP contribution >= 0.6 is 0 Å². The van der Waals surface area contributed by atoms with Crippen LogP contribution in [0.1, 0.15) is 32.6 Å². The van der Waals surface area contributed by atoms with Gasteiger partial charge in [0.1, 0.15) is 0 Å². The van der Waals surface area contributed by atoms with Crippen LogP contribution in [-0.2, 0) is 9.84 Å². The Hall–Kier alpha value is -1.17. The molecule has 2 rings (SSSR count). The monoisotopic (exact) mass is 303 g/mol. The summed E-state index contributed by atoms with van der Waals surface area (Å²) in [7, 11) is -4.50. The van der Waals surface area contributed by atoms with E-state index >= 15 is 0 Å². The molecular weight excluding hydrogens is 284 g/mol. The van der Waals surface area contributed by atoms with E-state index in [1.807, 2.05) is 0 Å². The highest BCUT2D eigenvalue weighted by Crippen LogP contribution is 2.31. The second-order valence-corrected chi connectivity index (χ2v) is 7.10. The maximum Gasteiger partial charge on any atom is 0.341 e. The Kier molecular flexibility index (Phi) is 4.62. The molecule has 1 aromatic carbocycles. The van der Waals surface area contributed by atoms with Crippen LogP contribution in [0.3, 0.4) is 0 Å². The van der Waals surface area contributed by atoms with Gasteiger partial charge in [-0.15, -0.1) is 0 Å². The normalized spacial score (nSPS) is 23.2. The van der Waals surface area contributed by atoms with Crippen LogP contribution in [0.2, 0.25) is 0 Å². The SMILES string of the molecule is CCC1CCCC1Nc1ccc(S(=O)(=O)C(F)F)cc1. The number of hydrogen-bond acceptors (Lipinski definition) is 3. The molecule has 2 atom stereocenters. The van der Waals surface area contributed by atoms with Crippen molar-refractivity contribution in [2.45, 2.75) is 49.3 Å². The van der Waals surface area contributed by atoms with Gasteiger partial charge in [0.25, 0.3) is 0 Å². The van der Waals surface area contributed by atoms with E-state index in [1.54, 1.807) is 12.1 Å². The molecule has 0 bridgehead atoms. The van der Waals surface area contributed by atoms with E-state index in [4.69, 9.17) is 0 Å². The zero-order valence-corrected chi connectivity index (χ0v) is 12.2. The number of benzene rings is 1. The van der Waals surface area contributed by atoms with Crippen LogP contribution in [0.5, 0.6) is 0 Å². The molecule has 2 unspecified atom stereocenters. The Morgan fingerprint density at radius 1 is 1.25 bits per heavy atom. The summed E-state index contributed by atoms with van der Waals surface area (Å²) in [5, 5.41) is 3.37. The molecule has 1 N–H and O–H groups in total. The number of sulfone groups is 1. The molecule has 0 heterocycles. The molecule has 0 aromatic heterocycles. The number of hydrogen-bond donors (Lipinski definition) is 1. The first-order valence-corrected chi connectivity index (χ1v) is 8.38. The number of rotatable bonds is 5. The number of nitrogens with one attached hydrogen (secondary N) is 1. The molecule has 0 saturated heterocycles. The molecule has 0 radical (unpaired) electrons. The second kappa shape index (κ2) is 6.08. The first kappa shape index (κ1) is 15.2. The van der Waals surface area contributed by atoms with Crippen LogP contribution in [0.25, 0.3) is 0 Å². The maximum atomic E-state index is 12.4. The first-order chi connectivity index (χ1) is 9.45. The lowest BCUT2D eigenvalue weighted by atomic mass is 10.0. The van der Waals surface area contributed by atoms with Crippen molar-refractivity contribution in [3.63, 3.8) is 0 Å². The molecule has 112 valence electrons. The zero-order valence-electron chi connectivity index (χ0n) is 11.4. The lowest BCUT2D eigenvalue weighted by molar-refractivity contribution is 0.234. The molecule has 3 nitrogen and oxygen atoms in total. The lowest BCUT2D eigenvalue weighted by Gasteiger charge is -2.21. The molecule has 1 aliphatic carbocycles. The Balaban J connectivity index is 2.09. The van der Waals surface area contributed by atoms with E-state index in [-0.39, 0.29) is 4.90 Å². The Morgan fingerprint density at radius 3 is 2.45 bits per heavy atom. The second-order valence-electron chi connectivity index (χ2n) is 5.18. The highest BCUT2D eigenvalue weighted by molar-refractivity contribution is 7.91. The molecule has 1 saturated carbocycles. The van der Waals surface area contributed by atoms with Gasteiger partial charge in [-0.05, 0) is 43.0 Å². The van der Waals surface area contributed by atoms with Crippen LogP contribution in [0, 0.1) is 5.92 Å². The summed E-state index contributed by atoms with van der Waals surface area (Å²) in [4.78, 5) is -0.337. The van der Waals surface area contributed by atoms with Crippen molar-refractivity contribution in [2.75, 3.05) is 5.32 Å². The summed E-state index contributed by atoms with van der Waals surface area (Å²) < 4.78 is 47.5. The van der Waals surface area contributed by atoms with E-state index in [1.165, 1.54) is 25.0 Å². The molecule has 1 fully saturated rings. The van der Waals surface area contributed by atoms with E-state index in [0.717, 1.165) is 18.5 Å². The quantitative estimate of drug-likeness (QED) is 0.902. The average molecular weight is 303 g/mol. The van der Waals surface area contributed by atoms with Gasteiger partial charge >= 0.3 is 5.76 Å². The number of halogens is 2. The van der Waals surface area contributed by atoms with E-state index < -0.39 is 15.6 Å². The fourth-order valence-electron chi connectivity index (χ4n) is 2.77. The number of anilines is 1. The molecule has 6 heteroatoms. The van der Waals surface area contributed by atoms with Crippen LogP contribution in [0.15, 0.2) is 29.2 Å². The van der Waals surface area contributed by atoms with Gasteiger partial charge in [0.15, 0.2) is 0 Å². The molecular formula is C14H19F2NO2S. The Bertz CT molecular complexity index is 543. The Labute approximate surface area is 118 Å². The van der Waals surface area contributed by atoms with Gasteiger partial charge < -0.3 is 5.32 Å². The Morgan fingerprint density at radius 2 is 1.90 bits per heavy atom. The van der Waals surface area contributed by atoms with Crippen molar-refractivity contribution in [1.82, 2.24) is 0 Å². The topological polar surface area (TPSA) is 46.2 Å². The summed E-state index contributed by atoms with van der Waals surface area (Å²) in [6.07, 6.45) is 4.59. The highest BCUT2D eigenvalue weighted by Gasteiger charge is 2.27. The zero-order chi connectivity index (χ0) is 14.8. The van der Waals surface area contributed by atoms with Crippen LogP contribution in [-0.4, -0.2) is 20.2 Å². The minimum Gasteiger partial charge on any atom is -0.382 e. The van der Waals surface area contributed by atoms with E-state index in [9.17, 15) is 17.2 Å². The fraction of sp³-hybridized carbons (Fsp3) is 0.571. The van der Waals surface area contributed by atoms with Crippen molar-refractivity contribution < 1.29 is 17.2 Å². The van der Waals surface area contributed by atoms with Gasteiger partial charge in [0.05, 0.1) is 4.90 Å². The van der Waals surface area contributed by atoms with E-state index in [2.05, 4.69) is 12.2 Å². The highest BCUT2D eigenvalue weighted by atomic mass is 32.2. The summed E-state index contributed by atoms with van der Waals surface area (Å²) in [6.45, 7) is 2.16. The van der Waals surface area contributed by atoms with Crippen molar-refractivity contribution in [1.29, 1.82) is 0 Å². The van der Waals surface area contributed by atoms with Crippen LogP contribution in [0.4, 0.5) is 14.5 Å². The minimum absolute atomic E-state index is 0.337. The molecule has 1 aliphatic rings. The van der Waals surface area contributed by atoms with Crippen LogP contribution < -0.4 is 5.32 Å². The van der Waals surface area contributed by atoms with Gasteiger partial charge in [0, 0.05) is 11.7 Å². The van der Waals surface area contributed by atoms with E-state index in [0.29, 0.717) is 12.0 Å². The molecule has 1 aromatic rings. The third-order valence-electron chi connectivity index (χ3n) is 3.95. The molecule has 0 amide bonds. The molecule has 0 aliphatic heterocycles. The third-order valence-corrected chi connectivity index (χ3v) is 5.35. The third kappa shape index (κ3) is 3.11. The average Bonchev–Trinajstić information content (AvgIpc) is 2.86. The van der Waals surface area contributed by atoms with Gasteiger partial charge in [-0.1, -0.05) is 19.8 Å². The van der Waals surface area contributed by atoms with Gasteiger partial charge in [-0.25, -0.2) is 8.42 Å². The fourth-order valence-corrected chi connectivity index (χ4v) is 3.49. The smallest absolute Gasteiger partial charge is 0.341 e. The van der Waals surface area contributed by atoms with Crippen molar-refractivity contribution in [3.8, 4) is 0 Å². The van der Waals surface area contributed by atoms with Gasteiger partial charge in [0.2, 0.25) is 9.84 Å². The predicted molar refractivity (Wildman–Crippen MR) is 74.7 cm³/mol. The molecule has 0 spiro atoms. The standard InChI is InChI=1S/C14H19F2NO2S/c1-2-10-4-3-5-13(10)17-11-6-8-12(9-7-11)20(18,19)14(15)16/h6-10,13-14,17H,2-5H2,1H3. The summed E-state index contributed by atoms with van der Waals surface area (Å²) in [5.41, 5.74) is 0.781. The number of alkyl halides is 2. The summed E-state index contributed by atoms with van der Waals surface area (Å²) >= 11 is 0. The summed E-state index contributed by atoms with van der Waals surface area (Å²) in [5.74, 6) is -2.75. The summed E-state index contributed by atoms with van der Waals surface area (Å²) in [6, 6.07) is 5.97. The largest absolute Gasteiger partial charge is 0.382 e. The maximum absolute atomic E-state index is 12.4. The molecule has 20 heavy (non-hydrogen) atoms. The van der Waals surface area contributed by atoms with Crippen molar-refractivity contribution in [3.05, 3.63) is 24.3 Å². The van der Waals surface area contributed by atoms with Gasteiger partial charge in [-0.2, -0.15) is 8.78 Å². The first-order valence-electron chi connectivity index (χ1n) is 6.83. The van der Waals surface area contributed by atoms with Crippen molar-refractivity contribution in [2.24, 2.45) is 5.92 Å². The lowest BCUT2D eigenvalue weighted by Crippen LogP contribution is -2.23. The minimum atomic E-state index is -4.50. The van der Waals surface area contributed by atoms with Gasteiger partial charge in [-0.3, -0.25) is 0 Å². The van der Waals surface area contributed by atoms with Crippen molar-refractivity contribution >= 4 is 15.5 Å². The predicted octanol–water partition coefficient (Wildman–Crippen LogP) is 3.67.